The third kappa shape index (κ3) is 0.897. The highest BCUT2D eigenvalue weighted by Gasteiger charge is 2.06. The van der Waals surface area contributed by atoms with Crippen molar-refractivity contribution in [2.45, 2.75) is 13.3 Å². The summed E-state index contributed by atoms with van der Waals surface area (Å²) in [6.45, 7) is 1.90. The van der Waals surface area contributed by atoms with Gasteiger partial charge in [-0.2, -0.15) is 0 Å². The third-order valence-electron chi connectivity index (χ3n) is 1.89. The Hall–Kier alpha value is -1.38. The lowest BCUT2D eigenvalue weighted by molar-refractivity contribution is 0.622. The highest BCUT2D eigenvalue weighted by molar-refractivity contribution is 5.75. The normalized spacial score (nSPS) is 10.8. The zero-order chi connectivity index (χ0) is 8.55. The average molecular weight is 163 g/mol. The zero-order valence-corrected chi connectivity index (χ0v) is 6.69. The molecule has 0 unspecified atom stereocenters. The first kappa shape index (κ1) is 7.28. The van der Waals surface area contributed by atoms with E-state index in [1.54, 1.807) is 12.4 Å². The Labute approximate surface area is 69.4 Å². The number of hydrogen-bond acceptors (Lipinski definition) is 1. The smallest absolute Gasteiger partial charge is 0.140 e. The molecule has 2 heterocycles. The number of pyridine rings is 1. The Balaban J connectivity index is 2.78. The van der Waals surface area contributed by atoms with E-state index in [0.717, 1.165) is 0 Å². The van der Waals surface area contributed by atoms with Crippen LogP contribution in [0.15, 0.2) is 12.4 Å². The van der Waals surface area contributed by atoms with Crippen molar-refractivity contribution in [3.63, 3.8) is 0 Å². The van der Waals surface area contributed by atoms with Gasteiger partial charge in [0.05, 0.1) is 5.39 Å². The fourth-order valence-electron chi connectivity index (χ4n) is 1.19. The van der Waals surface area contributed by atoms with E-state index in [9.17, 15) is 4.39 Å². The second-order valence-electron chi connectivity index (χ2n) is 2.61. The highest BCUT2D eigenvalue weighted by Crippen LogP contribution is 2.17. The summed E-state index contributed by atoms with van der Waals surface area (Å²) in [6, 6.07) is 2.77. The van der Waals surface area contributed by atoms with Crippen LogP contribution < -0.4 is 0 Å². The van der Waals surface area contributed by atoms with E-state index in [1.807, 2.05) is 6.92 Å². The lowest BCUT2D eigenvalue weighted by Crippen LogP contribution is -1.90. The summed E-state index contributed by atoms with van der Waals surface area (Å²) in [4.78, 5) is 6.85. The molecule has 12 heavy (non-hydrogen) atoms. The number of aromatic nitrogens is 2. The molecule has 0 aliphatic heterocycles. The minimum absolute atomic E-state index is 0.205. The van der Waals surface area contributed by atoms with Crippen LogP contribution in [-0.4, -0.2) is 9.97 Å². The summed E-state index contributed by atoms with van der Waals surface area (Å²) in [5.41, 5.74) is 1.20. The average Bonchev–Trinajstić information content (AvgIpc) is 2.53. The molecule has 1 N–H and O–H groups in total. The van der Waals surface area contributed by atoms with Crippen molar-refractivity contribution < 1.29 is 4.39 Å². The molecule has 1 radical (unpaired) electrons. The fourth-order valence-corrected chi connectivity index (χ4v) is 1.19. The number of rotatable bonds is 1. The predicted molar refractivity (Wildman–Crippen MR) is 44.3 cm³/mol. The Bertz CT molecular complexity index is 406. The number of fused-ring (bicyclic) bond motifs is 1. The summed E-state index contributed by atoms with van der Waals surface area (Å²) >= 11 is 0. The maximum absolute atomic E-state index is 13.4. The molecule has 0 aliphatic rings. The molecule has 61 valence electrons. The predicted octanol–water partition coefficient (Wildman–Crippen LogP) is 2.06. The van der Waals surface area contributed by atoms with Crippen LogP contribution in [0.4, 0.5) is 4.39 Å². The minimum Gasteiger partial charge on any atom is -0.345 e. The number of hydrogen-bond donors (Lipinski definition) is 1. The number of halogens is 1. The van der Waals surface area contributed by atoms with Crippen LogP contribution in [0.25, 0.3) is 11.0 Å². The molecule has 0 amide bonds. The molecule has 0 aliphatic carbocycles. The lowest BCUT2D eigenvalue weighted by Gasteiger charge is -1.98. The summed E-state index contributed by atoms with van der Waals surface area (Å²) < 4.78 is 13.4. The van der Waals surface area contributed by atoms with E-state index in [0.29, 0.717) is 23.0 Å². The summed E-state index contributed by atoms with van der Waals surface area (Å²) in [5, 5.41) is 0.453. The SMILES string of the molecule is CCc1cnc2[nH]c[c]c2c1F. The van der Waals surface area contributed by atoms with Crippen molar-refractivity contribution in [1.29, 1.82) is 0 Å². The number of nitrogens with zero attached hydrogens (tertiary/aromatic N) is 1. The molecule has 0 bridgehead atoms. The van der Waals surface area contributed by atoms with Gasteiger partial charge in [-0.1, -0.05) is 6.92 Å². The molecule has 2 aromatic heterocycles. The van der Waals surface area contributed by atoms with E-state index >= 15 is 0 Å². The lowest BCUT2D eigenvalue weighted by atomic mass is 10.2. The highest BCUT2D eigenvalue weighted by atomic mass is 19.1. The first-order valence-electron chi connectivity index (χ1n) is 3.85. The first-order chi connectivity index (χ1) is 5.83. The van der Waals surface area contributed by atoms with E-state index in [1.165, 1.54) is 0 Å². The monoisotopic (exact) mass is 163 g/mol. The van der Waals surface area contributed by atoms with Gasteiger partial charge in [-0.05, 0) is 6.42 Å². The maximum Gasteiger partial charge on any atom is 0.140 e. The summed E-state index contributed by atoms with van der Waals surface area (Å²) in [7, 11) is 0. The van der Waals surface area contributed by atoms with Crippen molar-refractivity contribution in [1.82, 2.24) is 9.97 Å². The molecule has 2 aromatic rings. The van der Waals surface area contributed by atoms with Crippen molar-refractivity contribution in [2.24, 2.45) is 0 Å². The van der Waals surface area contributed by atoms with E-state index in [-0.39, 0.29) is 5.82 Å². The quantitative estimate of drug-likeness (QED) is 0.684. The molecule has 0 saturated heterocycles. The third-order valence-corrected chi connectivity index (χ3v) is 1.89. The Morgan fingerprint density at radius 2 is 2.50 bits per heavy atom. The van der Waals surface area contributed by atoms with Crippen LogP contribution in [0.5, 0.6) is 0 Å². The topological polar surface area (TPSA) is 28.7 Å². The van der Waals surface area contributed by atoms with E-state index in [2.05, 4.69) is 16.0 Å². The molecular weight excluding hydrogens is 155 g/mol. The number of aryl methyl sites for hydroxylation is 1. The fraction of sp³-hybridized carbons (Fsp3) is 0.222. The maximum atomic E-state index is 13.4. The van der Waals surface area contributed by atoms with E-state index < -0.39 is 0 Å². The van der Waals surface area contributed by atoms with Gasteiger partial charge in [0.1, 0.15) is 11.5 Å². The molecule has 2 nitrogen and oxygen atoms in total. The van der Waals surface area contributed by atoms with Crippen LogP contribution in [0, 0.1) is 11.9 Å². The summed E-state index contributed by atoms with van der Waals surface area (Å²) in [6.07, 6.45) is 3.79. The number of aromatic amines is 1. The molecule has 0 saturated carbocycles. The van der Waals surface area contributed by atoms with Gasteiger partial charge in [0, 0.05) is 24.0 Å². The Morgan fingerprint density at radius 1 is 1.67 bits per heavy atom. The molecule has 2 rings (SSSR count). The zero-order valence-electron chi connectivity index (χ0n) is 6.69. The molecular formula is C9H8FN2. The summed E-state index contributed by atoms with van der Waals surface area (Å²) in [5.74, 6) is -0.205. The van der Waals surface area contributed by atoms with Gasteiger partial charge in [0.15, 0.2) is 0 Å². The van der Waals surface area contributed by atoms with Gasteiger partial charge in [-0.15, -0.1) is 0 Å². The van der Waals surface area contributed by atoms with Gasteiger partial charge in [-0.3, -0.25) is 0 Å². The minimum atomic E-state index is -0.205. The van der Waals surface area contributed by atoms with Crippen molar-refractivity contribution >= 4 is 11.0 Å². The van der Waals surface area contributed by atoms with Gasteiger partial charge in [0.2, 0.25) is 0 Å². The van der Waals surface area contributed by atoms with E-state index in [4.69, 9.17) is 0 Å². The van der Waals surface area contributed by atoms with Crippen LogP contribution in [0.2, 0.25) is 0 Å². The largest absolute Gasteiger partial charge is 0.345 e. The van der Waals surface area contributed by atoms with Crippen molar-refractivity contribution in [2.75, 3.05) is 0 Å². The molecule has 0 spiro atoms. The van der Waals surface area contributed by atoms with Crippen LogP contribution in [0.3, 0.4) is 0 Å². The number of H-pyrrole nitrogens is 1. The van der Waals surface area contributed by atoms with Gasteiger partial charge in [-0.25, -0.2) is 9.37 Å². The van der Waals surface area contributed by atoms with Crippen molar-refractivity contribution in [3.05, 3.63) is 29.8 Å². The Morgan fingerprint density at radius 3 is 3.25 bits per heavy atom. The van der Waals surface area contributed by atoms with Gasteiger partial charge in [0.25, 0.3) is 0 Å². The second-order valence-corrected chi connectivity index (χ2v) is 2.61. The van der Waals surface area contributed by atoms with Gasteiger partial charge >= 0.3 is 0 Å². The Kier molecular flexibility index (Phi) is 1.57. The van der Waals surface area contributed by atoms with Crippen LogP contribution in [0.1, 0.15) is 12.5 Å². The molecule has 0 atom stereocenters. The van der Waals surface area contributed by atoms with Crippen LogP contribution >= 0.6 is 0 Å². The molecule has 0 aromatic carbocycles. The first-order valence-corrected chi connectivity index (χ1v) is 3.85. The van der Waals surface area contributed by atoms with Gasteiger partial charge < -0.3 is 4.98 Å². The van der Waals surface area contributed by atoms with Crippen molar-refractivity contribution in [3.8, 4) is 0 Å². The van der Waals surface area contributed by atoms with Crippen LogP contribution in [-0.2, 0) is 6.42 Å². The second kappa shape index (κ2) is 2.59. The standard InChI is InChI=1S/C9H8FN2/c1-2-6-5-12-9-7(8(6)10)3-4-11-9/h4-5H,2H2,1H3,(H,11,12). The number of nitrogens with one attached hydrogen (secondary N) is 1. The molecule has 3 heteroatoms. The molecule has 0 fully saturated rings.